The molecule has 6 heteroatoms. The minimum Gasteiger partial charge on any atom is -0.783 e. The number of nitrogens with one attached hydrogen (secondary N) is 2. The maximum Gasteiger partial charge on any atom is 0.408 e. The predicted molar refractivity (Wildman–Crippen MR) is 93.4 cm³/mol. The molecule has 0 spiro atoms. The van der Waals surface area contributed by atoms with E-state index in [2.05, 4.69) is 10.6 Å². The molecule has 1 aliphatic heterocycles. The molecule has 0 radical (unpaired) electrons. The number of para-hydroxylation sites is 1. The van der Waals surface area contributed by atoms with Crippen molar-refractivity contribution in [3.63, 3.8) is 0 Å². The lowest BCUT2D eigenvalue weighted by molar-refractivity contribution is 0.0430. The van der Waals surface area contributed by atoms with E-state index >= 15 is 0 Å². The molecule has 132 valence electrons. The van der Waals surface area contributed by atoms with Crippen LogP contribution in [0.25, 0.3) is 0 Å². The molecule has 1 amide bonds. The van der Waals surface area contributed by atoms with Gasteiger partial charge in [-0.25, -0.2) is 4.79 Å². The standard InChI is InChI=1S/C18H26N3O3/c1-18(2,3)24-17(22)20-16-11-19-14-7-5-4-6-13(14)15(21(16)23)10-12-8-9-12/h4-7,12,15-16,19H,8-11H2,1-3H3,(H,20,22)/q-1. The van der Waals surface area contributed by atoms with Crippen LogP contribution in [-0.4, -0.2) is 29.5 Å². The summed E-state index contributed by atoms with van der Waals surface area (Å²) in [6, 6.07) is 7.64. The zero-order valence-electron chi connectivity index (χ0n) is 14.5. The Balaban J connectivity index is 1.76. The Labute approximate surface area is 143 Å². The smallest absolute Gasteiger partial charge is 0.408 e. The molecule has 1 saturated carbocycles. The van der Waals surface area contributed by atoms with Crippen LogP contribution in [0.2, 0.25) is 0 Å². The third kappa shape index (κ3) is 4.19. The van der Waals surface area contributed by atoms with E-state index in [0.717, 1.165) is 22.7 Å². The summed E-state index contributed by atoms with van der Waals surface area (Å²) in [5.74, 6) is 0.611. The number of hydroxylamine groups is 2. The van der Waals surface area contributed by atoms with Crippen molar-refractivity contribution in [1.82, 2.24) is 10.4 Å². The number of nitrogens with zero attached hydrogens (tertiary/aromatic N) is 1. The van der Waals surface area contributed by atoms with Crippen molar-refractivity contribution in [2.45, 2.75) is 57.8 Å². The maximum atomic E-state index is 13.0. The van der Waals surface area contributed by atoms with Gasteiger partial charge in [-0.05, 0) is 44.7 Å². The van der Waals surface area contributed by atoms with E-state index in [1.54, 1.807) is 20.8 Å². The molecule has 2 unspecified atom stereocenters. The highest BCUT2D eigenvalue weighted by Gasteiger charge is 2.33. The fraction of sp³-hybridized carbons (Fsp3) is 0.611. The number of carbonyl (C=O) groups excluding carboxylic acids is 1. The van der Waals surface area contributed by atoms with E-state index in [4.69, 9.17) is 4.74 Å². The van der Waals surface area contributed by atoms with Gasteiger partial charge in [-0.1, -0.05) is 31.0 Å². The minimum absolute atomic E-state index is 0.247. The number of hydrogen-bond acceptors (Lipinski definition) is 5. The van der Waals surface area contributed by atoms with Crippen LogP contribution in [0.5, 0.6) is 0 Å². The minimum atomic E-state index is -0.656. The fourth-order valence-corrected chi connectivity index (χ4v) is 3.06. The molecule has 0 saturated heterocycles. The molecule has 0 aromatic heterocycles. The summed E-state index contributed by atoms with van der Waals surface area (Å²) in [5, 5.41) is 20.0. The van der Waals surface area contributed by atoms with Gasteiger partial charge in [0.25, 0.3) is 0 Å². The quantitative estimate of drug-likeness (QED) is 0.884. The van der Waals surface area contributed by atoms with E-state index in [1.165, 1.54) is 12.8 Å². The summed E-state index contributed by atoms with van der Waals surface area (Å²) >= 11 is 0. The van der Waals surface area contributed by atoms with E-state index in [0.29, 0.717) is 12.5 Å². The lowest BCUT2D eigenvalue weighted by Crippen LogP contribution is -2.50. The number of amides is 1. The second-order valence-electron chi connectivity index (χ2n) is 7.68. The highest BCUT2D eigenvalue weighted by atomic mass is 16.6. The molecule has 1 aliphatic carbocycles. The molecule has 1 aromatic carbocycles. The molecule has 1 heterocycles. The normalized spacial score (nSPS) is 24.5. The molecule has 1 fully saturated rings. The van der Waals surface area contributed by atoms with Gasteiger partial charge in [0.05, 0.1) is 6.17 Å². The average molecular weight is 332 g/mol. The number of benzene rings is 1. The first-order valence-electron chi connectivity index (χ1n) is 8.61. The number of fused-ring (bicyclic) bond motifs is 1. The third-order valence-corrected chi connectivity index (χ3v) is 4.36. The third-order valence-electron chi connectivity index (χ3n) is 4.36. The zero-order valence-corrected chi connectivity index (χ0v) is 14.5. The molecular weight excluding hydrogens is 306 g/mol. The highest BCUT2D eigenvalue weighted by molar-refractivity contribution is 5.68. The zero-order chi connectivity index (χ0) is 17.3. The second-order valence-corrected chi connectivity index (χ2v) is 7.68. The van der Waals surface area contributed by atoms with Gasteiger partial charge < -0.3 is 25.6 Å². The van der Waals surface area contributed by atoms with Crippen molar-refractivity contribution in [1.29, 1.82) is 0 Å². The van der Waals surface area contributed by atoms with Gasteiger partial charge >= 0.3 is 6.09 Å². The molecule has 1 aromatic rings. The Hall–Kier alpha value is -1.79. The molecule has 0 bridgehead atoms. The Morgan fingerprint density at radius 2 is 2.08 bits per heavy atom. The molecule has 24 heavy (non-hydrogen) atoms. The molecule has 3 rings (SSSR count). The van der Waals surface area contributed by atoms with Crippen LogP contribution in [0.3, 0.4) is 0 Å². The van der Waals surface area contributed by atoms with Gasteiger partial charge in [-0.2, -0.15) is 0 Å². The summed E-state index contributed by atoms with van der Waals surface area (Å²) in [6.45, 7) is 5.76. The largest absolute Gasteiger partial charge is 0.783 e. The van der Waals surface area contributed by atoms with Gasteiger partial charge in [-0.3, -0.25) is 0 Å². The summed E-state index contributed by atoms with van der Waals surface area (Å²) in [4.78, 5) is 12.1. The van der Waals surface area contributed by atoms with Crippen LogP contribution in [0.4, 0.5) is 10.5 Å². The van der Waals surface area contributed by atoms with Gasteiger partial charge in [0, 0.05) is 18.3 Å². The fourth-order valence-electron chi connectivity index (χ4n) is 3.06. The van der Waals surface area contributed by atoms with Crippen molar-refractivity contribution in [3.8, 4) is 0 Å². The summed E-state index contributed by atoms with van der Waals surface area (Å²) in [7, 11) is 0. The lowest BCUT2D eigenvalue weighted by atomic mass is 9.99. The maximum absolute atomic E-state index is 13.0. The van der Waals surface area contributed by atoms with Crippen LogP contribution in [0.1, 0.15) is 51.6 Å². The second kappa shape index (κ2) is 6.61. The summed E-state index contributed by atoms with van der Waals surface area (Å²) in [5.41, 5.74) is 1.39. The Bertz CT molecular complexity index is 595. The lowest BCUT2D eigenvalue weighted by Gasteiger charge is -2.42. The van der Waals surface area contributed by atoms with Crippen molar-refractivity contribution in [3.05, 3.63) is 35.0 Å². The first-order chi connectivity index (χ1) is 11.3. The summed E-state index contributed by atoms with van der Waals surface area (Å²) in [6.07, 6.45) is 1.98. The SMILES string of the molecule is CC(C)(C)OC(=O)NC1CNc2ccccc2C(CC2CC2)N1[O-]. The van der Waals surface area contributed by atoms with Crippen molar-refractivity contribution >= 4 is 11.8 Å². The number of carbonyl (C=O) groups is 1. The number of anilines is 1. The van der Waals surface area contributed by atoms with Crippen LogP contribution in [-0.2, 0) is 4.74 Å². The van der Waals surface area contributed by atoms with Crippen LogP contribution in [0.15, 0.2) is 24.3 Å². The van der Waals surface area contributed by atoms with Gasteiger partial charge in [0.15, 0.2) is 0 Å². The van der Waals surface area contributed by atoms with Crippen LogP contribution >= 0.6 is 0 Å². The topological polar surface area (TPSA) is 76.7 Å². The Morgan fingerprint density at radius 1 is 1.38 bits per heavy atom. The van der Waals surface area contributed by atoms with Crippen molar-refractivity contribution in [2.24, 2.45) is 5.92 Å². The average Bonchev–Trinajstić information content (AvgIpc) is 3.31. The molecule has 2 atom stereocenters. The number of ether oxygens (including phenoxy) is 1. The number of rotatable bonds is 3. The van der Waals surface area contributed by atoms with E-state index < -0.39 is 17.9 Å². The monoisotopic (exact) mass is 332 g/mol. The first-order valence-corrected chi connectivity index (χ1v) is 8.61. The number of hydrogen-bond donors (Lipinski definition) is 2. The van der Waals surface area contributed by atoms with Crippen molar-refractivity contribution < 1.29 is 9.53 Å². The Morgan fingerprint density at radius 3 is 2.75 bits per heavy atom. The molecule has 6 nitrogen and oxygen atoms in total. The van der Waals surface area contributed by atoms with Crippen molar-refractivity contribution in [2.75, 3.05) is 11.9 Å². The van der Waals surface area contributed by atoms with E-state index in [1.807, 2.05) is 24.3 Å². The Kier molecular flexibility index (Phi) is 4.69. The predicted octanol–water partition coefficient (Wildman–Crippen LogP) is 3.60. The first kappa shape index (κ1) is 17.0. The van der Waals surface area contributed by atoms with Crippen LogP contribution < -0.4 is 10.6 Å². The van der Waals surface area contributed by atoms with Gasteiger partial charge in [0.1, 0.15) is 5.60 Å². The van der Waals surface area contributed by atoms with Gasteiger partial charge in [-0.15, -0.1) is 0 Å². The van der Waals surface area contributed by atoms with E-state index in [-0.39, 0.29) is 6.04 Å². The van der Waals surface area contributed by atoms with Gasteiger partial charge in [0.2, 0.25) is 0 Å². The molecular formula is C18H26N3O3-. The molecule has 2 N–H and O–H groups in total. The number of alkyl carbamates (subject to hydrolysis) is 1. The van der Waals surface area contributed by atoms with E-state index in [9.17, 15) is 10.0 Å². The highest BCUT2D eigenvalue weighted by Crippen LogP contribution is 2.42. The summed E-state index contributed by atoms with van der Waals surface area (Å²) < 4.78 is 5.29. The van der Waals surface area contributed by atoms with Crippen LogP contribution in [0, 0.1) is 11.1 Å². The molecule has 2 aliphatic rings.